The number of carbonyl (C=O) groups excluding carboxylic acids is 2. The van der Waals surface area contributed by atoms with E-state index in [1.54, 1.807) is 0 Å². The quantitative estimate of drug-likeness (QED) is 0.493. The van der Waals surface area contributed by atoms with E-state index in [0.717, 1.165) is 6.92 Å². The van der Waals surface area contributed by atoms with Gasteiger partial charge in [-0.25, -0.2) is 9.36 Å². The van der Waals surface area contributed by atoms with Crippen molar-refractivity contribution in [3.05, 3.63) is 12.2 Å². The monoisotopic (exact) mass is 192 g/mol. The van der Waals surface area contributed by atoms with Crippen LogP contribution in [0.4, 0.5) is 0 Å². The molecule has 0 saturated carbocycles. The van der Waals surface area contributed by atoms with E-state index >= 15 is 0 Å². The maximum atomic E-state index is 10.6. The van der Waals surface area contributed by atoms with Gasteiger partial charge in [0.05, 0.1) is 0 Å². The van der Waals surface area contributed by atoms with E-state index in [1.165, 1.54) is 6.92 Å². The van der Waals surface area contributed by atoms with Gasteiger partial charge in [0.1, 0.15) is 0 Å². The summed E-state index contributed by atoms with van der Waals surface area (Å²) in [6.07, 6.45) is 0. The van der Waals surface area contributed by atoms with Gasteiger partial charge in [-0.1, -0.05) is 6.58 Å². The average molecular weight is 192 g/mol. The fourth-order valence-electron chi connectivity index (χ4n) is 0.301. The first kappa shape index (κ1) is 10.9. The Morgan fingerprint density at radius 3 is 2.08 bits per heavy atom. The molecule has 0 spiro atoms. The Hall–Kier alpha value is -1.09. The third-order valence-corrected chi connectivity index (χ3v) is 1.56. The number of carbonyl (C=O) groups is 2. The van der Waals surface area contributed by atoms with Gasteiger partial charge >= 0.3 is 20.2 Å². The van der Waals surface area contributed by atoms with Crippen LogP contribution >= 0.6 is 8.25 Å². The van der Waals surface area contributed by atoms with Crippen LogP contribution in [-0.4, -0.2) is 11.9 Å². The average Bonchev–Trinajstić information content (AvgIpc) is 1.84. The summed E-state index contributed by atoms with van der Waals surface area (Å²) in [6, 6.07) is 0. The summed E-state index contributed by atoms with van der Waals surface area (Å²) in [5.41, 5.74) is 0.0977. The molecule has 6 heteroatoms. The Morgan fingerprint density at radius 1 is 1.25 bits per heavy atom. The Bertz CT molecular complexity index is 244. The number of hydrogen-bond donors (Lipinski definition) is 0. The molecule has 0 radical (unpaired) electrons. The molecule has 0 N–H and O–H groups in total. The molecule has 0 aliphatic carbocycles. The fraction of sp³-hybridized carbons (Fsp3) is 0.333. The molecule has 0 saturated heterocycles. The van der Waals surface area contributed by atoms with Crippen LogP contribution in [0.15, 0.2) is 12.2 Å². The van der Waals surface area contributed by atoms with Crippen molar-refractivity contribution in [2.75, 3.05) is 0 Å². The molecule has 0 fully saturated rings. The third kappa shape index (κ3) is 4.68. The zero-order chi connectivity index (χ0) is 9.72. The summed E-state index contributed by atoms with van der Waals surface area (Å²) < 4.78 is 18.9. The second-order valence-corrected chi connectivity index (χ2v) is 2.92. The normalized spacial score (nSPS) is 11.5. The van der Waals surface area contributed by atoms with Crippen LogP contribution in [0.1, 0.15) is 13.8 Å². The highest BCUT2D eigenvalue weighted by atomic mass is 31.1. The second kappa shape index (κ2) is 4.72. The van der Waals surface area contributed by atoms with Crippen LogP contribution in [0.5, 0.6) is 0 Å². The Labute approximate surface area is 70.3 Å². The predicted octanol–water partition coefficient (Wildman–Crippen LogP) is 1.06. The summed E-state index contributed by atoms with van der Waals surface area (Å²) in [5, 5.41) is 0. The molecule has 1 atom stereocenters. The lowest BCUT2D eigenvalue weighted by molar-refractivity contribution is -0.134. The van der Waals surface area contributed by atoms with Crippen LogP contribution in [0.25, 0.3) is 0 Å². The minimum atomic E-state index is -3.04. The van der Waals surface area contributed by atoms with Crippen LogP contribution in [0.3, 0.4) is 0 Å². The van der Waals surface area contributed by atoms with E-state index in [9.17, 15) is 14.2 Å². The molecule has 12 heavy (non-hydrogen) atoms. The first-order chi connectivity index (χ1) is 5.43. The van der Waals surface area contributed by atoms with E-state index in [2.05, 4.69) is 15.6 Å². The van der Waals surface area contributed by atoms with E-state index in [-0.39, 0.29) is 5.57 Å². The molecule has 0 aromatic heterocycles. The smallest absolute Gasteiger partial charge is 0.385 e. The van der Waals surface area contributed by atoms with Gasteiger partial charge in [-0.2, -0.15) is 0 Å². The van der Waals surface area contributed by atoms with Crippen molar-refractivity contribution >= 4 is 20.2 Å². The van der Waals surface area contributed by atoms with Gasteiger partial charge in [0.15, 0.2) is 0 Å². The maximum Gasteiger partial charge on any atom is 0.423 e. The topological polar surface area (TPSA) is 69.7 Å². The van der Waals surface area contributed by atoms with Crippen molar-refractivity contribution in [1.82, 2.24) is 0 Å². The van der Waals surface area contributed by atoms with Gasteiger partial charge in [-0.3, -0.25) is 4.79 Å². The van der Waals surface area contributed by atoms with Crippen molar-refractivity contribution in [3.63, 3.8) is 0 Å². The molecule has 0 aromatic carbocycles. The van der Waals surface area contributed by atoms with Crippen molar-refractivity contribution in [3.8, 4) is 0 Å². The highest BCUT2D eigenvalue weighted by Crippen LogP contribution is 2.24. The van der Waals surface area contributed by atoms with Crippen molar-refractivity contribution in [2.24, 2.45) is 0 Å². The van der Waals surface area contributed by atoms with Crippen molar-refractivity contribution < 1.29 is 23.2 Å². The zero-order valence-corrected chi connectivity index (χ0v) is 7.75. The molecule has 0 rings (SSSR count). The molecular weight excluding hydrogens is 183 g/mol. The third-order valence-electron chi connectivity index (χ3n) is 0.752. The molecule has 1 unspecified atom stereocenters. The van der Waals surface area contributed by atoms with E-state index in [4.69, 9.17) is 0 Å². The summed E-state index contributed by atoms with van der Waals surface area (Å²) in [6.45, 7) is 5.71. The van der Waals surface area contributed by atoms with Gasteiger partial charge in [0.25, 0.3) is 0 Å². The zero-order valence-electron chi connectivity index (χ0n) is 6.75. The maximum absolute atomic E-state index is 10.6. The molecule has 0 amide bonds. The van der Waals surface area contributed by atoms with Crippen LogP contribution in [0.2, 0.25) is 0 Å². The highest BCUT2D eigenvalue weighted by molar-refractivity contribution is 7.34. The van der Waals surface area contributed by atoms with E-state index < -0.39 is 20.2 Å². The fourth-order valence-corrected chi connectivity index (χ4v) is 0.903. The second-order valence-electron chi connectivity index (χ2n) is 2.01. The summed E-state index contributed by atoms with van der Waals surface area (Å²) in [7, 11) is -3.04. The largest absolute Gasteiger partial charge is 0.423 e. The number of rotatable bonds is 3. The first-order valence-electron chi connectivity index (χ1n) is 3.03. The van der Waals surface area contributed by atoms with Crippen LogP contribution in [-0.2, 0) is 23.2 Å². The Balaban J connectivity index is 3.94. The van der Waals surface area contributed by atoms with Crippen LogP contribution in [0, 0.1) is 0 Å². The molecule has 0 aliphatic rings. The summed E-state index contributed by atoms with van der Waals surface area (Å²) in [4.78, 5) is 20.8. The molecule has 68 valence electrons. The van der Waals surface area contributed by atoms with Gasteiger partial charge in [0, 0.05) is 12.5 Å². The standard InChI is InChI=1S/C6H9O5P/c1-4(2)6(8)11-12(9)10-5(3)7/h12H,1H2,2-3H3. The molecular formula is C6H9O5P. The lowest BCUT2D eigenvalue weighted by atomic mass is 10.4. The van der Waals surface area contributed by atoms with Gasteiger partial charge in [-0.05, 0) is 6.92 Å². The predicted molar refractivity (Wildman–Crippen MR) is 41.7 cm³/mol. The number of hydrogen-bond acceptors (Lipinski definition) is 5. The molecule has 0 aromatic rings. The van der Waals surface area contributed by atoms with Crippen LogP contribution < -0.4 is 0 Å². The van der Waals surface area contributed by atoms with E-state index in [1.807, 2.05) is 0 Å². The molecule has 0 bridgehead atoms. The van der Waals surface area contributed by atoms with Gasteiger partial charge < -0.3 is 9.05 Å². The van der Waals surface area contributed by atoms with Gasteiger partial charge in [-0.15, -0.1) is 0 Å². The molecule has 0 heterocycles. The Morgan fingerprint density at radius 2 is 1.75 bits per heavy atom. The lowest BCUT2D eigenvalue weighted by Gasteiger charge is -2.02. The summed E-state index contributed by atoms with van der Waals surface area (Å²) in [5.74, 6) is -1.59. The van der Waals surface area contributed by atoms with Crippen molar-refractivity contribution in [1.29, 1.82) is 0 Å². The molecule has 5 nitrogen and oxygen atoms in total. The first-order valence-corrected chi connectivity index (χ1v) is 4.26. The lowest BCUT2D eigenvalue weighted by Crippen LogP contribution is -2.01. The van der Waals surface area contributed by atoms with Gasteiger partial charge in [0.2, 0.25) is 0 Å². The highest BCUT2D eigenvalue weighted by Gasteiger charge is 2.10. The summed E-state index contributed by atoms with van der Waals surface area (Å²) >= 11 is 0. The minimum absolute atomic E-state index is 0.0977. The minimum Gasteiger partial charge on any atom is -0.385 e. The Kier molecular flexibility index (Phi) is 4.29. The molecule has 0 aliphatic heterocycles. The van der Waals surface area contributed by atoms with E-state index in [0.29, 0.717) is 0 Å². The SMILES string of the molecule is C=C(C)C(=O)O[PH](=O)OC(C)=O. The van der Waals surface area contributed by atoms with Crippen molar-refractivity contribution in [2.45, 2.75) is 13.8 Å².